The molecule has 1 aliphatic carbocycles. The average molecular weight is 328 g/mol. The lowest BCUT2D eigenvalue weighted by Gasteiger charge is -2.16. The molecule has 1 aliphatic rings. The SMILES string of the molecule is CC(SCCOc1cccc(Cl)c1)C(=O)NC1CCCC1. The molecule has 1 atom stereocenters. The Hall–Kier alpha value is -0.870. The molecule has 1 aromatic rings. The third-order valence-corrected chi connectivity index (χ3v) is 4.94. The van der Waals surface area contributed by atoms with E-state index < -0.39 is 0 Å². The van der Waals surface area contributed by atoms with Crippen molar-refractivity contribution in [2.24, 2.45) is 0 Å². The highest BCUT2D eigenvalue weighted by molar-refractivity contribution is 8.00. The molecule has 0 saturated heterocycles. The van der Waals surface area contributed by atoms with Crippen LogP contribution < -0.4 is 10.1 Å². The molecule has 5 heteroatoms. The maximum atomic E-state index is 12.0. The third-order valence-electron chi connectivity index (χ3n) is 3.59. The number of carbonyl (C=O) groups is 1. The molecule has 1 aromatic carbocycles. The second-order valence-corrected chi connectivity index (χ2v) is 7.19. The van der Waals surface area contributed by atoms with E-state index in [1.54, 1.807) is 17.8 Å². The standard InChI is InChI=1S/C16H22ClNO2S/c1-12(16(19)18-14-6-2-3-7-14)21-10-9-20-15-8-4-5-13(17)11-15/h4-5,8,11-12,14H,2-3,6-7,9-10H2,1H3,(H,18,19). The van der Waals surface area contributed by atoms with Crippen LogP contribution in [0.3, 0.4) is 0 Å². The monoisotopic (exact) mass is 327 g/mol. The summed E-state index contributed by atoms with van der Waals surface area (Å²) in [5.74, 6) is 1.70. The van der Waals surface area contributed by atoms with E-state index in [4.69, 9.17) is 16.3 Å². The topological polar surface area (TPSA) is 38.3 Å². The van der Waals surface area contributed by atoms with Crippen molar-refractivity contribution >= 4 is 29.3 Å². The smallest absolute Gasteiger partial charge is 0.233 e. The van der Waals surface area contributed by atoms with Crippen LogP contribution in [0, 0.1) is 0 Å². The number of ether oxygens (including phenoxy) is 1. The summed E-state index contributed by atoms with van der Waals surface area (Å²) in [6.45, 7) is 2.53. The summed E-state index contributed by atoms with van der Waals surface area (Å²) in [6.07, 6.45) is 4.72. The lowest BCUT2D eigenvalue weighted by molar-refractivity contribution is -0.120. The van der Waals surface area contributed by atoms with Crippen LogP contribution in [0.1, 0.15) is 32.6 Å². The number of thioether (sulfide) groups is 1. The first-order valence-corrected chi connectivity index (χ1v) is 8.88. The molecule has 0 bridgehead atoms. The molecule has 0 spiro atoms. The van der Waals surface area contributed by atoms with Crippen LogP contribution in [0.15, 0.2) is 24.3 Å². The maximum Gasteiger partial charge on any atom is 0.233 e. The fourth-order valence-corrected chi connectivity index (χ4v) is 3.34. The average Bonchev–Trinajstić information content (AvgIpc) is 2.96. The summed E-state index contributed by atoms with van der Waals surface area (Å²) in [5.41, 5.74) is 0. The third kappa shape index (κ3) is 5.79. The second kappa shape index (κ2) is 8.54. The van der Waals surface area contributed by atoms with Crippen LogP contribution in [-0.4, -0.2) is 29.6 Å². The van der Waals surface area contributed by atoms with E-state index >= 15 is 0 Å². The number of hydrogen-bond donors (Lipinski definition) is 1. The van der Waals surface area contributed by atoms with Crippen molar-refractivity contribution in [3.05, 3.63) is 29.3 Å². The van der Waals surface area contributed by atoms with Crippen molar-refractivity contribution in [3.63, 3.8) is 0 Å². The first-order valence-electron chi connectivity index (χ1n) is 7.45. The van der Waals surface area contributed by atoms with E-state index in [9.17, 15) is 4.79 Å². The number of rotatable bonds is 7. The van der Waals surface area contributed by atoms with Crippen LogP contribution in [-0.2, 0) is 4.79 Å². The summed E-state index contributed by atoms with van der Waals surface area (Å²) in [6, 6.07) is 7.75. The minimum Gasteiger partial charge on any atom is -0.493 e. The first-order chi connectivity index (χ1) is 10.1. The molecule has 0 aromatic heterocycles. The van der Waals surface area contributed by atoms with Gasteiger partial charge >= 0.3 is 0 Å². The van der Waals surface area contributed by atoms with Gasteiger partial charge in [-0.05, 0) is 38.0 Å². The van der Waals surface area contributed by atoms with E-state index in [0.717, 1.165) is 24.3 Å². The second-order valence-electron chi connectivity index (χ2n) is 5.31. The Balaban J connectivity index is 1.62. The highest BCUT2D eigenvalue weighted by Gasteiger charge is 2.20. The molecule has 1 saturated carbocycles. The summed E-state index contributed by atoms with van der Waals surface area (Å²) < 4.78 is 5.61. The molecule has 1 fully saturated rings. The highest BCUT2D eigenvalue weighted by atomic mass is 35.5. The predicted octanol–water partition coefficient (Wildman–Crippen LogP) is 3.90. The van der Waals surface area contributed by atoms with Gasteiger partial charge < -0.3 is 10.1 Å². The van der Waals surface area contributed by atoms with E-state index in [-0.39, 0.29) is 11.2 Å². The van der Waals surface area contributed by atoms with Crippen molar-refractivity contribution in [2.45, 2.75) is 43.9 Å². The van der Waals surface area contributed by atoms with Gasteiger partial charge in [-0.2, -0.15) is 0 Å². The molecule has 0 aliphatic heterocycles. The van der Waals surface area contributed by atoms with Gasteiger partial charge in [0.2, 0.25) is 5.91 Å². The number of carbonyl (C=O) groups excluding carboxylic acids is 1. The Bertz CT molecular complexity index is 463. The van der Waals surface area contributed by atoms with Crippen LogP contribution in [0.4, 0.5) is 0 Å². The van der Waals surface area contributed by atoms with Crippen LogP contribution >= 0.6 is 23.4 Å². The van der Waals surface area contributed by atoms with Crippen molar-refractivity contribution < 1.29 is 9.53 Å². The largest absolute Gasteiger partial charge is 0.493 e. The summed E-state index contributed by atoms with van der Waals surface area (Å²) >= 11 is 7.51. The van der Waals surface area contributed by atoms with Crippen LogP contribution in [0.25, 0.3) is 0 Å². The van der Waals surface area contributed by atoms with E-state index in [2.05, 4.69) is 5.32 Å². The van der Waals surface area contributed by atoms with Gasteiger partial charge in [0.15, 0.2) is 0 Å². The molecule has 0 heterocycles. The molecule has 1 amide bonds. The number of benzene rings is 1. The first kappa shape index (κ1) is 16.5. The van der Waals surface area contributed by atoms with Gasteiger partial charge in [-0.25, -0.2) is 0 Å². The number of hydrogen-bond acceptors (Lipinski definition) is 3. The lowest BCUT2D eigenvalue weighted by atomic mass is 10.2. The highest BCUT2D eigenvalue weighted by Crippen LogP contribution is 2.20. The Morgan fingerprint density at radius 1 is 1.48 bits per heavy atom. The van der Waals surface area contributed by atoms with Crippen molar-refractivity contribution in [2.75, 3.05) is 12.4 Å². The Morgan fingerprint density at radius 2 is 2.24 bits per heavy atom. The molecular weight excluding hydrogens is 306 g/mol. The van der Waals surface area contributed by atoms with Crippen LogP contribution in [0.2, 0.25) is 5.02 Å². The number of nitrogens with one attached hydrogen (secondary N) is 1. The zero-order valence-corrected chi connectivity index (χ0v) is 13.9. The number of amides is 1. The minimum atomic E-state index is -0.0337. The molecule has 1 unspecified atom stereocenters. The van der Waals surface area contributed by atoms with E-state index in [1.165, 1.54) is 12.8 Å². The molecule has 2 rings (SSSR count). The van der Waals surface area contributed by atoms with Crippen molar-refractivity contribution in [3.8, 4) is 5.75 Å². The number of halogens is 1. The van der Waals surface area contributed by atoms with Crippen molar-refractivity contribution in [1.82, 2.24) is 5.32 Å². The van der Waals surface area contributed by atoms with E-state index in [0.29, 0.717) is 17.7 Å². The predicted molar refractivity (Wildman–Crippen MR) is 89.3 cm³/mol. The lowest BCUT2D eigenvalue weighted by Crippen LogP contribution is -2.37. The summed E-state index contributed by atoms with van der Waals surface area (Å²) in [4.78, 5) is 12.0. The molecule has 3 nitrogen and oxygen atoms in total. The molecule has 116 valence electrons. The van der Waals surface area contributed by atoms with Gasteiger partial charge in [0.25, 0.3) is 0 Å². The Kier molecular flexibility index (Phi) is 6.71. The van der Waals surface area contributed by atoms with Gasteiger partial charge in [0.05, 0.1) is 11.9 Å². The molecule has 1 N–H and O–H groups in total. The van der Waals surface area contributed by atoms with Gasteiger partial charge in [0.1, 0.15) is 5.75 Å². The summed E-state index contributed by atoms with van der Waals surface area (Å²) in [7, 11) is 0. The summed E-state index contributed by atoms with van der Waals surface area (Å²) in [5, 5.41) is 3.76. The van der Waals surface area contributed by atoms with Crippen molar-refractivity contribution in [1.29, 1.82) is 0 Å². The Labute approximate surface area is 135 Å². The normalized spacial score (nSPS) is 16.7. The van der Waals surface area contributed by atoms with Gasteiger partial charge in [-0.1, -0.05) is 30.5 Å². The molecular formula is C16H22ClNO2S. The van der Waals surface area contributed by atoms with Gasteiger partial charge in [-0.3, -0.25) is 4.79 Å². The molecule has 21 heavy (non-hydrogen) atoms. The van der Waals surface area contributed by atoms with E-state index in [1.807, 2.05) is 25.1 Å². The zero-order valence-electron chi connectivity index (χ0n) is 12.3. The fourth-order valence-electron chi connectivity index (χ4n) is 2.41. The quantitative estimate of drug-likeness (QED) is 0.772. The van der Waals surface area contributed by atoms with Gasteiger partial charge in [-0.15, -0.1) is 11.8 Å². The Morgan fingerprint density at radius 3 is 2.95 bits per heavy atom. The zero-order chi connectivity index (χ0) is 15.1. The fraction of sp³-hybridized carbons (Fsp3) is 0.562. The van der Waals surface area contributed by atoms with Gasteiger partial charge in [0, 0.05) is 16.8 Å². The minimum absolute atomic E-state index is 0.0337. The van der Waals surface area contributed by atoms with Crippen LogP contribution in [0.5, 0.6) is 5.75 Å². The molecule has 0 radical (unpaired) electrons. The maximum absolute atomic E-state index is 12.0.